The minimum Gasteiger partial charge on any atom is -0.467 e. The molecule has 166 valence electrons. The zero-order valence-corrected chi connectivity index (χ0v) is 18.0. The number of ether oxygens (including phenoxy) is 1. The Labute approximate surface area is 188 Å². The van der Waals surface area contributed by atoms with Crippen LogP contribution in [-0.4, -0.2) is 23.3 Å². The van der Waals surface area contributed by atoms with E-state index >= 15 is 0 Å². The fraction of sp³-hybridized carbons (Fsp3) is 0.308. The Kier molecular flexibility index (Phi) is 7.35. The Bertz CT molecular complexity index is 1020. The molecule has 1 aliphatic rings. The molecule has 2 aromatic carbocycles. The molecule has 2 amide bonds. The van der Waals surface area contributed by atoms with Crippen LogP contribution < -0.4 is 5.32 Å². The van der Waals surface area contributed by atoms with Gasteiger partial charge in [-0.3, -0.25) is 9.59 Å². The first kappa shape index (κ1) is 21.8. The van der Waals surface area contributed by atoms with E-state index in [0.29, 0.717) is 32.7 Å². The van der Waals surface area contributed by atoms with Crippen LogP contribution in [0.5, 0.6) is 0 Å². The molecule has 1 fully saturated rings. The van der Waals surface area contributed by atoms with Gasteiger partial charge in [-0.15, -0.1) is 0 Å². The monoisotopic (exact) mass is 432 g/mol. The topological polar surface area (TPSA) is 71.8 Å². The lowest BCUT2D eigenvalue weighted by molar-refractivity contribution is -0.142. The molecule has 32 heavy (non-hydrogen) atoms. The lowest BCUT2D eigenvalue weighted by Gasteiger charge is -2.34. The van der Waals surface area contributed by atoms with Crippen molar-refractivity contribution in [2.75, 3.05) is 6.54 Å². The molecule has 0 bridgehead atoms. The molecule has 0 aliphatic carbocycles. The Morgan fingerprint density at radius 2 is 1.84 bits per heavy atom. The summed E-state index contributed by atoms with van der Waals surface area (Å²) in [6.07, 6.45) is 3.93. The van der Waals surface area contributed by atoms with Gasteiger partial charge in [0.05, 0.1) is 12.9 Å². The lowest BCUT2D eigenvalue weighted by Crippen LogP contribution is -2.45. The van der Waals surface area contributed by atoms with E-state index in [2.05, 4.69) is 5.32 Å². The average Bonchev–Trinajstić information content (AvgIpc) is 3.34. The number of amides is 2. The van der Waals surface area contributed by atoms with Crippen molar-refractivity contribution in [3.8, 4) is 0 Å². The van der Waals surface area contributed by atoms with Crippen LogP contribution in [0.25, 0.3) is 0 Å². The highest BCUT2D eigenvalue weighted by Crippen LogP contribution is 2.26. The van der Waals surface area contributed by atoms with Crippen LogP contribution in [0.3, 0.4) is 0 Å². The highest BCUT2D eigenvalue weighted by Gasteiger charge is 2.32. The number of piperidine rings is 1. The third-order valence-electron chi connectivity index (χ3n) is 5.59. The van der Waals surface area contributed by atoms with Gasteiger partial charge in [0.25, 0.3) is 0 Å². The SMILES string of the molecule is O=C(NCc1cccc(COCc2ccco2)c1)C(c1ccccc1)N1CCCCC1=O. The molecule has 1 aliphatic heterocycles. The minimum absolute atomic E-state index is 0.0379. The molecule has 1 saturated heterocycles. The number of likely N-dealkylation sites (tertiary alicyclic amines) is 1. The quantitative estimate of drug-likeness (QED) is 0.545. The van der Waals surface area contributed by atoms with Gasteiger partial charge in [0.15, 0.2) is 0 Å². The van der Waals surface area contributed by atoms with Crippen molar-refractivity contribution in [2.24, 2.45) is 0 Å². The van der Waals surface area contributed by atoms with E-state index in [9.17, 15) is 9.59 Å². The zero-order valence-electron chi connectivity index (χ0n) is 18.0. The molecule has 4 rings (SSSR count). The van der Waals surface area contributed by atoms with Crippen LogP contribution in [0.4, 0.5) is 0 Å². The number of hydrogen-bond acceptors (Lipinski definition) is 4. The highest BCUT2D eigenvalue weighted by atomic mass is 16.5. The summed E-state index contributed by atoms with van der Waals surface area (Å²) in [4.78, 5) is 27.5. The van der Waals surface area contributed by atoms with Gasteiger partial charge in [0, 0.05) is 19.5 Å². The number of benzene rings is 2. The predicted octanol–water partition coefficient (Wildman–Crippen LogP) is 4.37. The third kappa shape index (κ3) is 5.65. The number of nitrogens with one attached hydrogen (secondary N) is 1. The molecule has 1 unspecified atom stereocenters. The van der Waals surface area contributed by atoms with E-state index in [1.807, 2.05) is 66.7 Å². The fourth-order valence-electron chi connectivity index (χ4n) is 3.99. The number of hydrogen-bond donors (Lipinski definition) is 1. The standard InChI is InChI=1S/C26H28N2O4/c29-24-13-4-5-14-28(24)25(22-10-2-1-3-11-22)26(30)27-17-20-8-6-9-21(16-20)18-31-19-23-12-7-15-32-23/h1-3,6-12,15-16,25H,4-5,13-14,17-19H2,(H,27,30). The molecule has 6 nitrogen and oxygen atoms in total. The van der Waals surface area contributed by atoms with Gasteiger partial charge in [-0.05, 0) is 41.7 Å². The van der Waals surface area contributed by atoms with Gasteiger partial charge in [0.1, 0.15) is 18.4 Å². The largest absolute Gasteiger partial charge is 0.467 e. The predicted molar refractivity (Wildman–Crippen MR) is 120 cm³/mol. The molecule has 0 saturated carbocycles. The highest BCUT2D eigenvalue weighted by molar-refractivity contribution is 5.89. The molecule has 2 heterocycles. The first-order valence-electron chi connectivity index (χ1n) is 11.0. The van der Waals surface area contributed by atoms with Gasteiger partial charge in [-0.2, -0.15) is 0 Å². The van der Waals surface area contributed by atoms with Crippen LogP contribution in [0.1, 0.15) is 47.8 Å². The summed E-state index contributed by atoms with van der Waals surface area (Å²) in [5, 5.41) is 3.03. The fourth-order valence-corrected chi connectivity index (χ4v) is 3.99. The van der Waals surface area contributed by atoms with E-state index in [1.165, 1.54) is 0 Å². The van der Waals surface area contributed by atoms with Gasteiger partial charge in [0.2, 0.25) is 11.8 Å². The number of furan rings is 1. The molecular formula is C26H28N2O4. The lowest BCUT2D eigenvalue weighted by atomic mass is 10.0. The first-order chi connectivity index (χ1) is 15.7. The second kappa shape index (κ2) is 10.8. The van der Waals surface area contributed by atoms with Crippen molar-refractivity contribution in [1.82, 2.24) is 10.2 Å². The van der Waals surface area contributed by atoms with Crippen LogP contribution >= 0.6 is 0 Å². The minimum atomic E-state index is -0.608. The Morgan fingerprint density at radius 3 is 2.62 bits per heavy atom. The maximum atomic E-state index is 13.2. The summed E-state index contributed by atoms with van der Waals surface area (Å²) in [7, 11) is 0. The second-order valence-electron chi connectivity index (χ2n) is 7.97. The van der Waals surface area contributed by atoms with E-state index in [4.69, 9.17) is 9.15 Å². The van der Waals surface area contributed by atoms with Crippen molar-refractivity contribution in [2.45, 2.75) is 45.1 Å². The van der Waals surface area contributed by atoms with Crippen LogP contribution in [0.2, 0.25) is 0 Å². The first-order valence-corrected chi connectivity index (χ1v) is 11.0. The maximum Gasteiger partial charge on any atom is 0.247 e. The third-order valence-corrected chi connectivity index (χ3v) is 5.59. The van der Waals surface area contributed by atoms with Crippen LogP contribution in [0, 0.1) is 0 Å². The molecule has 0 spiro atoms. The molecule has 3 aromatic rings. The number of nitrogens with zero attached hydrogens (tertiary/aromatic N) is 1. The zero-order chi connectivity index (χ0) is 22.2. The smallest absolute Gasteiger partial charge is 0.247 e. The van der Waals surface area contributed by atoms with Crippen LogP contribution in [0.15, 0.2) is 77.4 Å². The van der Waals surface area contributed by atoms with Gasteiger partial charge in [-0.25, -0.2) is 0 Å². The van der Waals surface area contributed by atoms with E-state index < -0.39 is 6.04 Å². The number of rotatable bonds is 9. The van der Waals surface area contributed by atoms with E-state index in [0.717, 1.165) is 35.3 Å². The van der Waals surface area contributed by atoms with Gasteiger partial charge in [-0.1, -0.05) is 54.6 Å². The summed E-state index contributed by atoms with van der Waals surface area (Å²) in [5.74, 6) is 0.662. The van der Waals surface area contributed by atoms with E-state index in [1.54, 1.807) is 11.2 Å². The van der Waals surface area contributed by atoms with Gasteiger partial charge < -0.3 is 19.4 Å². The van der Waals surface area contributed by atoms with Gasteiger partial charge >= 0.3 is 0 Å². The van der Waals surface area contributed by atoms with Crippen molar-refractivity contribution in [1.29, 1.82) is 0 Å². The molecule has 1 aromatic heterocycles. The van der Waals surface area contributed by atoms with E-state index in [-0.39, 0.29) is 11.8 Å². The van der Waals surface area contributed by atoms with Crippen molar-refractivity contribution in [3.05, 3.63) is 95.4 Å². The summed E-state index contributed by atoms with van der Waals surface area (Å²) in [5.41, 5.74) is 2.84. The molecule has 0 radical (unpaired) electrons. The molecule has 6 heteroatoms. The number of carbonyl (C=O) groups excluding carboxylic acids is 2. The average molecular weight is 433 g/mol. The van der Waals surface area contributed by atoms with Crippen molar-refractivity contribution < 1.29 is 18.7 Å². The summed E-state index contributed by atoms with van der Waals surface area (Å²) < 4.78 is 11.0. The maximum absolute atomic E-state index is 13.2. The Morgan fingerprint density at radius 1 is 1.00 bits per heavy atom. The molecule has 1 N–H and O–H groups in total. The second-order valence-corrected chi connectivity index (χ2v) is 7.97. The summed E-state index contributed by atoms with van der Waals surface area (Å²) >= 11 is 0. The number of carbonyl (C=O) groups is 2. The summed E-state index contributed by atoms with van der Waals surface area (Å²) in [6, 6.07) is 20.6. The molecular weight excluding hydrogens is 404 g/mol. The normalized spacial score (nSPS) is 14.9. The van der Waals surface area contributed by atoms with Crippen molar-refractivity contribution in [3.63, 3.8) is 0 Å². The Hall–Kier alpha value is -3.38. The van der Waals surface area contributed by atoms with Crippen LogP contribution in [-0.2, 0) is 34.1 Å². The summed E-state index contributed by atoms with van der Waals surface area (Å²) in [6.45, 7) is 1.86. The Balaban J connectivity index is 1.39. The van der Waals surface area contributed by atoms with Crippen molar-refractivity contribution >= 4 is 11.8 Å². The molecule has 1 atom stereocenters.